The molecule has 1 fully saturated rings. The molecular formula is C18H26ClN3O4. The summed E-state index contributed by atoms with van der Waals surface area (Å²) in [7, 11) is 1.27. The number of rotatable bonds is 8. The van der Waals surface area contributed by atoms with Crippen molar-refractivity contribution in [3.8, 4) is 0 Å². The fourth-order valence-corrected chi connectivity index (χ4v) is 2.72. The van der Waals surface area contributed by atoms with Gasteiger partial charge in [0.25, 0.3) is 0 Å². The average molecular weight is 384 g/mol. The van der Waals surface area contributed by atoms with Gasteiger partial charge in [0, 0.05) is 12.1 Å². The number of nitrogens with one attached hydrogen (secondary N) is 3. The summed E-state index contributed by atoms with van der Waals surface area (Å²) in [4.78, 5) is 34.7. The highest BCUT2D eigenvalue weighted by atomic mass is 35.5. The fraction of sp³-hybridized carbons (Fsp3) is 0.500. The lowest BCUT2D eigenvalue weighted by molar-refractivity contribution is -0.141. The molecular weight excluding hydrogens is 358 g/mol. The third-order valence-electron chi connectivity index (χ3n) is 4.20. The van der Waals surface area contributed by atoms with Crippen LogP contribution in [-0.4, -0.2) is 44.5 Å². The monoisotopic (exact) mass is 383 g/mol. The van der Waals surface area contributed by atoms with Crippen LogP contribution in [0.3, 0.4) is 0 Å². The van der Waals surface area contributed by atoms with Gasteiger partial charge in [0.15, 0.2) is 0 Å². The van der Waals surface area contributed by atoms with Gasteiger partial charge in [-0.1, -0.05) is 12.1 Å². The first-order valence-corrected chi connectivity index (χ1v) is 8.50. The SMILES string of the molecule is COC(=O)CNC(=O)Cc1ccc(NC(=O)CCC2CCNC2)cc1.Cl. The van der Waals surface area contributed by atoms with E-state index in [1.807, 2.05) is 0 Å². The van der Waals surface area contributed by atoms with Crippen molar-refractivity contribution in [1.82, 2.24) is 10.6 Å². The van der Waals surface area contributed by atoms with E-state index in [9.17, 15) is 14.4 Å². The van der Waals surface area contributed by atoms with Gasteiger partial charge in [0.05, 0.1) is 13.5 Å². The van der Waals surface area contributed by atoms with Gasteiger partial charge in [-0.2, -0.15) is 0 Å². The Hall–Kier alpha value is -2.12. The molecule has 2 amide bonds. The first-order chi connectivity index (χ1) is 12.1. The molecule has 0 bridgehead atoms. The molecule has 144 valence electrons. The Balaban J connectivity index is 0.00000338. The van der Waals surface area contributed by atoms with Gasteiger partial charge in [-0.25, -0.2) is 0 Å². The molecule has 1 aliphatic heterocycles. The van der Waals surface area contributed by atoms with Crippen molar-refractivity contribution in [2.45, 2.75) is 25.7 Å². The van der Waals surface area contributed by atoms with Crippen molar-refractivity contribution in [3.63, 3.8) is 0 Å². The second kappa shape index (κ2) is 11.5. The fourth-order valence-electron chi connectivity index (χ4n) is 2.72. The zero-order chi connectivity index (χ0) is 18.1. The van der Waals surface area contributed by atoms with E-state index >= 15 is 0 Å². The van der Waals surface area contributed by atoms with Crippen LogP contribution < -0.4 is 16.0 Å². The third-order valence-corrected chi connectivity index (χ3v) is 4.20. The average Bonchev–Trinajstić information content (AvgIpc) is 3.13. The molecule has 0 saturated carbocycles. The number of halogens is 1. The van der Waals surface area contributed by atoms with Crippen molar-refractivity contribution in [2.75, 3.05) is 32.1 Å². The van der Waals surface area contributed by atoms with Crippen molar-refractivity contribution in [3.05, 3.63) is 29.8 Å². The van der Waals surface area contributed by atoms with Gasteiger partial charge in [0.1, 0.15) is 6.54 Å². The van der Waals surface area contributed by atoms with Crippen molar-refractivity contribution >= 4 is 35.9 Å². The standard InChI is InChI=1S/C18H25N3O4.ClH/c1-25-18(24)12-20-17(23)10-13-2-5-15(6-3-13)21-16(22)7-4-14-8-9-19-11-14;/h2-3,5-6,14,19H,4,7-12H2,1H3,(H,20,23)(H,21,22);1H. The molecule has 3 N–H and O–H groups in total. The van der Waals surface area contributed by atoms with Gasteiger partial charge >= 0.3 is 5.97 Å². The summed E-state index contributed by atoms with van der Waals surface area (Å²) in [5.41, 5.74) is 1.52. The number of hydrogen-bond acceptors (Lipinski definition) is 5. The number of hydrogen-bond donors (Lipinski definition) is 3. The van der Waals surface area contributed by atoms with Crippen molar-refractivity contribution < 1.29 is 19.1 Å². The Labute approximate surface area is 159 Å². The van der Waals surface area contributed by atoms with Crippen LogP contribution in [-0.2, 0) is 25.5 Å². The molecule has 1 aliphatic rings. The molecule has 2 rings (SSSR count). The summed E-state index contributed by atoms with van der Waals surface area (Å²) in [6.07, 6.45) is 2.72. The molecule has 8 heteroatoms. The molecule has 1 saturated heterocycles. The minimum absolute atomic E-state index is 0. The Bertz CT molecular complexity index is 601. The highest BCUT2D eigenvalue weighted by Gasteiger charge is 2.15. The van der Waals surface area contributed by atoms with E-state index in [-0.39, 0.29) is 37.2 Å². The maximum absolute atomic E-state index is 12.0. The maximum atomic E-state index is 12.0. The van der Waals surface area contributed by atoms with Crippen LogP contribution in [0.25, 0.3) is 0 Å². The smallest absolute Gasteiger partial charge is 0.325 e. The predicted octanol–water partition coefficient (Wildman–Crippen LogP) is 1.27. The van der Waals surface area contributed by atoms with Gasteiger partial charge in [-0.05, 0) is 49.5 Å². The first kappa shape index (κ1) is 21.9. The number of carbonyl (C=O) groups is 3. The Kier molecular flexibility index (Phi) is 9.69. The Morgan fingerprint density at radius 3 is 2.54 bits per heavy atom. The van der Waals surface area contributed by atoms with E-state index in [0.717, 1.165) is 31.5 Å². The lowest BCUT2D eigenvalue weighted by Crippen LogP contribution is -2.31. The first-order valence-electron chi connectivity index (χ1n) is 8.50. The van der Waals surface area contributed by atoms with E-state index in [0.29, 0.717) is 18.0 Å². The Morgan fingerprint density at radius 1 is 1.19 bits per heavy atom. The molecule has 1 atom stereocenters. The predicted molar refractivity (Wildman–Crippen MR) is 101 cm³/mol. The lowest BCUT2D eigenvalue weighted by atomic mass is 10.0. The number of benzene rings is 1. The van der Waals surface area contributed by atoms with Gasteiger partial charge in [-0.15, -0.1) is 12.4 Å². The molecule has 0 aromatic heterocycles. The zero-order valence-electron chi connectivity index (χ0n) is 14.9. The molecule has 0 aliphatic carbocycles. The molecule has 0 spiro atoms. The van der Waals surface area contributed by atoms with Crippen LogP contribution in [0, 0.1) is 5.92 Å². The summed E-state index contributed by atoms with van der Waals surface area (Å²) in [5, 5.41) is 8.65. The second-order valence-corrected chi connectivity index (χ2v) is 6.17. The van der Waals surface area contributed by atoms with Crippen molar-refractivity contribution in [1.29, 1.82) is 0 Å². The van der Waals surface area contributed by atoms with Crippen LogP contribution in [0.2, 0.25) is 0 Å². The van der Waals surface area contributed by atoms with E-state index in [2.05, 4.69) is 20.7 Å². The second-order valence-electron chi connectivity index (χ2n) is 6.17. The maximum Gasteiger partial charge on any atom is 0.325 e. The van der Waals surface area contributed by atoms with Gasteiger partial charge < -0.3 is 20.7 Å². The largest absolute Gasteiger partial charge is 0.468 e. The molecule has 1 unspecified atom stereocenters. The number of esters is 1. The minimum Gasteiger partial charge on any atom is -0.468 e. The van der Waals surface area contributed by atoms with Crippen LogP contribution in [0.1, 0.15) is 24.8 Å². The number of ether oxygens (including phenoxy) is 1. The zero-order valence-corrected chi connectivity index (χ0v) is 15.7. The molecule has 1 aromatic carbocycles. The quantitative estimate of drug-likeness (QED) is 0.587. The van der Waals surface area contributed by atoms with Crippen LogP contribution >= 0.6 is 12.4 Å². The number of methoxy groups -OCH3 is 1. The lowest BCUT2D eigenvalue weighted by Gasteiger charge is -2.09. The molecule has 1 aromatic rings. The van der Waals surface area contributed by atoms with Gasteiger partial charge in [0.2, 0.25) is 11.8 Å². The van der Waals surface area contributed by atoms with Crippen LogP contribution in [0.5, 0.6) is 0 Å². The minimum atomic E-state index is -0.486. The van der Waals surface area contributed by atoms with Gasteiger partial charge in [-0.3, -0.25) is 14.4 Å². The van der Waals surface area contributed by atoms with Crippen LogP contribution in [0.4, 0.5) is 5.69 Å². The molecule has 26 heavy (non-hydrogen) atoms. The summed E-state index contributed by atoms with van der Waals surface area (Å²) < 4.78 is 4.46. The molecule has 7 nitrogen and oxygen atoms in total. The topological polar surface area (TPSA) is 96.5 Å². The van der Waals surface area contributed by atoms with Crippen molar-refractivity contribution in [2.24, 2.45) is 5.92 Å². The van der Waals surface area contributed by atoms with E-state index in [4.69, 9.17) is 0 Å². The number of amides is 2. The van der Waals surface area contributed by atoms with E-state index in [1.54, 1.807) is 24.3 Å². The number of carbonyl (C=O) groups excluding carboxylic acids is 3. The summed E-state index contributed by atoms with van der Waals surface area (Å²) in [6.45, 7) is 1.90. The number of anilines is 1. The molecule has 0 radical (unpaired) electrons. The van der Waals surface area contributed by atoms with E-state index in [1.165, 1.54) is 7.11 Å². The van der Waals surface area contributed by atoms with E-state index < -0.39 is 5.97 Å². The van der Waals surface area contributed by atoms with Crippen LogP contribution in [0.15, 0.2) is 24.3 Å². The summed E-state index contributed by atoms with van der Waals surface area (Å²) in [6, 6.07) is 7.12. The highest BCUT2D eigenvalue weighted by molar-refractivity contribution is 5.90. The summed E-state index contributed by atoms with van der Waals surface area (Å²) in [5.74, 6) is -0.140. The highest BCUT2D eigenvalue weighted by Crippen LogP contribution is 2.16. The Morgan fingerprint density at radius 2 is 1.92 bits per heavy atom. The molecule has 1 heterocycles. The normalized spacial score (nSPS) is 15.7. The summed E-state index contributed by atoms with van der Waals surface area (Å²) >= 11 is 0. The third kappa shape index (κ3) is 7.84.